The van der Waals surface area contributed by atoms with Crippen LogP contribution in [0.4, 0.5) is 18.9 Å². The molecule has 2 rings (SSSR count). The number of hydrogen-bond acceptors (Lipinski definition) is 4. The van der Waals surface area contributed by atoms with E-state index < -0.39 is 12.7 Å². The molecule has 0 atom stereocenters. The Morgan fingerprint density at radius 2 is 2.15 bits per heavy atom. The second-order valence-corrected chi connectivity index (χ2v) is 6.40. The van der Waals surface area contributed by atoms with Crippen LogP contribution in [0, 0.1) is 0 Å². The number of imidazole rings is 1. The van der Waals surface area contributed by atoms with E-state index in [2.05, 4.69) is 10.3 Å². The normalized spacial score (nSPS) is 11.7. The quantitative estimate of drug-likeness (QED) is 0.730. The lowest BCUT2D eigenvalue weighted by atomic mass is 10.2. The van der Waals surface area contributed by atoms with Gasteiger partial charge in [-0.2, -0.15) is 13.2 Å². The smallest absolute Gasteiger partial charge is 0.406 e. The summed E-state index contributed by atoms with van der Waals surface area (Å²) in [5, 5.41) is 3.17. The summed E-state index contributed by atoms with van der Waals surface area (Å²) < 4.78 is 43.9. The highest BCUT2D eigenvalue weighted by Gasteiger charge is 2.28. The van der Waals surface area contributed by atoms with Crippen LogP contribution in [0.5, 0.6) is 5.75 Å². The van der Waals surface area contributed by atoms with Crippen LogP contribution in [0.1, 0.15) is 12.2 Å². The zero-order valence-electron chi connectivity index (χ0n) is 14.9. The summed E-state index contributed by atoms with van der Waals surface area (Å²) in [7, 11) is 3.19. The molecule has 2 aromatic rings. The van der Waals surface area contributed by atoms with Crippen LogP contribution < -0.4 is 10.1 Å². The minimum absolute atomic E-state index is 0.145. The van der Waals surface area contributed by atoms with Gasteiger partial charge in [0.1, 0.15) is 18.1 Å². The van der Waals surface area contributed by atoms with Crippen LogP contribution in [-0.4, -0.2) is 47.2 Å². The molecule has 0 fully saturated rings. The fourth-order valence-corrected chi connectivity index (χ4v) is 2.60. The number of halogens is 4. The monoisotopic (exact) mass is 404 g/mol. The van der Waals surface area contributed by atoms with E-state index in [4.69, 9.17) is 16.3 Å². The molecule has 0 unspecified atom stereocenters. The third-order valence-corrected chi connectivity index (χ3v) is 3.95. The number of alkyl halides is 3. The first-order valence-electron chi connectivity index (χ1n) is 8.06. The molecule has 0 aliphatic rings. The summed E-state index contributed by atoms with van der Waals surface area (Å²) in [5.41, 5.74) is 0.457. The molecule has 0 spiro atoms. The molecule has 27 heavy (non-hydrogen) atoms. The maximum atomic E-state index is 12.6. The topological polar surface area (TPSA) is 59.4 Å². The molecule has 0 aliphatic carbocycles. The van der Waals surface area contributed by atoms with Crippen LogP contribution in [0.3, 0.4) is 0 Å². The summed E-state index contributed by atoms with van der Waals surface area (Å²) >= 11 is 5.92. The minimum Gasteiger partial charge on any atom is -0.495 e. The predicted octanol–water partition coefficient (Wildman–Crippen LogP) is 3.57. The van der Waals surface area contributed by atoms with Gasteiger partial charge >= 0.3 is 6.18 Å². The number of aromatic nitrogens is 2. The highest BCUT2D eigenvalue weighted by atomic mass is 35.5. The molecule has 0 radical (unpaired) electrons. The lowest BCUT2D eigenvalue weighted by Gasteiger charge is -2.18. The first-order valence-corrected chi connectivity index (χ1v) is 8.44. The molecule has 0 bridgehead atoms. The van der Waals surface area contributed by atoms with Gasteiger partial charge in [-0.1, -0.05) is 11.6 Å². The largest absolute Gasteiger partial charge is 0.495 e. The molecule has 0 saturated heterocycles. The summed E-state index contributed by atoms with van der Waals surface area (Å²) in [6.07, 6.45) is -1.56. The maximum absolute atomic E-state index is 12.6. The Morgan fingerprint density at radius 1 is 1.41 bits per heavy atom. The zero-order valence-corrected chi connectivity index (χ0v) is 15.6. The summed E-state index contributed by atoms with van der Waals surface area (Å²) in [6.45, 7) is -0.560. The maximum Gasteiger partial charge on any atom is 0.406 e. The lowest BCUT2D eigenvalue weighted by Crippen LogP contribution is -2.27. The fraction of sp³-hybridized carbons (Fsp3) is 0.412. The van der Waals surface area contributed by atoms with Crippen molar-refractivity contribution in [2.75, 3.05) is 26.0 Å². The number of nitrogens with one attached hydrogen (secondary N) is 1. The molecule has 1 amide bonds. The van der Waals surface area contributed by atoms with Crippen LogP contribution in [-0.2, 0) is 17.9 Å². The van der Waals surface area contributed by atoms with E-state index in [-0.39, 0.29) is 24.7 Å². The Bertz CT molecular complexity index is 780. The highest BCUT2D eigenvalue weighted by Crippen LogP contribution is 2.27. The van der Waals surface area contributed by atoms with Crippen molar-refractivity contribution in [3.05, 3.63) is 41.4 Å². The fourth-order valence-electron chi connectivity index (χ4n) is 2.43. The molecular weight excluding hydrogens is 385 g/mol. The van der Waals surface area contributed by atoms with E-state index in [9.17, 15) is 18.0 Å². The number of benzene rings is 1. The van der Waals surface area contributed by atoms with Gasteiger partial charge < -0.3 is 14.6 Å². The number of rotatable bonds is 8. The molecule has 0 aliphatic heterocycles. The number of ether oxygens (including phenoxy) is 1. The van der Waals surface area contributed by atoms with Gasteiger partial charge in [0.05, 0.1) is 19.3 Å². The van der Waals surface area contributed by atoms with Crippen LogP contribution in [0.15, 0.2) is 30.6 Å². The molecule has 6 nitrogen and oxygen atoms in total. The van der Waals surface area contributed by atoms with E-state index in [0.29, 0.717) is 23.0 Å². The van der Waals surface area contributed by atoms with Crippen molar-refractivity contribution in [3.8, 4) is 5.75 Å². The molecule has 148 valence electrons. The number of hydrogen-bond donors (Lipinski definition) is 1. The molecule has 10 heteroatoms. The van der Waals surface area contributed by atoms with Gasteiger partial charge in [0.25, 0.3) is 0 Å². The molecule has 1 N–H and O–H groups in total. The second kappa shape index (κ2) is 9.09. The second-order valence-electron chi connectivity index (χ2n) is 5.97. The summed E-state index contributed by atoms with van der Waals surface area (Å²) in [5.74, 6) is 0.503. The third-order valence-electron chi connectivity index (χ3n) is 3.72. The molecule has 1 heterocycles. The first-order chi connectivity index (χ1) is 12.7. The Kier molecular flexibility index (Phi) is 7.09. The number of carbonyl (C=O) groups excluding carboxylic acids is 1. The Morgan fingerprint density at radius 3 is 2.81 bits per heavy atom. The van der Waals surface area contributed by atoms with Crippen LogP contribution in [0.25, 0.3) is 0 Å². The standard InChI is InChI=1S/C17H20ClF3N4O2/c1-24(10-15-22-6-8-25(15)11-17(19,20)21)7-5-16(26)23-13-9-12(18)3-4-14(13)27-2/h3-4,6,8-9H,5,7,10-11H2,1-2H3,(H,23,26). The van der Waals surface area contributed by atoms with E-state index >= 15 is 0 Å². The summed E-state index contributed by atoms with van der Waals surface area (Å²) in [6, 6.07) is 4.87. The van der Waals surface area contributed by atoms with Crippen molar-refractivity contribution in [1.29, 1.82) is 0 Å². The number of amides is 1. The SMILES string of the molecule is COc1ccc(Cl)cc1NC(=O)CCN(C)Cc1nccn1CC(F)(F)F. The van der Waals surface area contributed by atoms with Crippen molar-refractivity contribution < 1.29 is 22.7 Å². The highest BCUT2D eigenvalue weighted by molar-refractivity contribution is 6.31. The number of methoxy groups -OCH3 is 1. The van der Waals surface area contributed by atoms with E-state index in [0.717, 1.165) is 4.57 Å². The van der Waals surface area contributed by atoms with Gasteiger partial charge in [-0.15, -0.1) is 0 Å². The van der Waals surface area contributed by atoms with E-state index in [1.165, 1.54) is 19.5 Å². The average Bonchev–Trinajstić information content (AvgIpc) is 2.98. The van der Waals surface area contributed by atoms with Gasteiger partial charge in [0.15, 0.2) is 0 Å². The number of carbonyl (C=O) groups is 1. The van der Waals surface area contributed by atoms with E-state index in [1.807, 2.05) is 0 Å². The predicted molar refractivity (Wildman–Crippen MR) is 95.9 cm³/mol. The first kappa shape index (κ1) is 21.0. The molecule has 0 saturated carbocycles. The Hall–Kier alpha value is -2.26. The molecule has 1 aromatic carbocycles. The van der Waals surface area contributed by atoms with Gasteiger partial charge in [0, 0.05) is 30.4 Å². The molecule has 1 aromatic heterocycles. The van der Waals surface area contributed by atoms with Crippen molar-refractivity contribution in [2.24, 2.45) is 0 Å². The van der Waals surface area contributed by atoms with Crippen LogP contribution in [0.2, 0.25) is 5.02 Å². The van der Waals surface area contributed by atoms with Crippen molar-refractivity contribution in [3.63, 3.8) is 0 Å². The van der Waals surface area contributed by atoms with Crippen molar-refractivity contribution in [2.45, 2.75) is 25.7 Å². The van der Waals surface area contributed by atoms with Crippen LogP contribution >= 0.6 is 11.6 Å². The minimum atomic E-state index is -4.32. The van der Waals surface area contributed by atoms with E-state index in [1.54, 1.807) is 30.1 Å². The lowest BCUT2D eigenvalue weighted by molar-refractivity contribution is -0.141. The van der Waals surface area contributed by atoms with Gasteiger partial charge in [-0.3, -0.25) is 9.69 Å². The average molecular weight is 405 g/mol. The van der Waals surface area contributed by atoms with Gasteiger partial charge in [-0.05, 0) is 25.2 Å². The van der Waals surface area contributed by atoms with Crippen molar-refractivity contribution >= 4 is 23.2 Å². The third kappa shape index (κ3) is 6.76. The Balaban J connectivity index is 1.87. The summed E-state index contributed by atoms with van der Waals surface area (Å²) in [4.78, 5) is 17.8. The van der Waals surface area contributed by atoms with Crippen molar-refractivity contribution in [1.82, 2.24) is 14.5 Å². The van der Waals surface area contributed by atoms with Gasteiger partial charge in [-0.25, -0.2) is 4.98 Å². The molecular formula is C17H20ClF3N4O2. The number of anilines is 1. The van der Waals surface area contributed by atoms with Gasteiger partial charge in [0.2, 0.25) is 5.91 Å². The Labute approximate surface area is 159 Å². The zero-order chi connectivity index (χ0) is 20.0. The number of nitrogens with zero attached hydrogens (tertiary/aromatic N) is 3.